The number of anilines is 1. The van der Waals surface area contributed by atoms with E-state index in [-0.39, 0.29) is 46.5 Å². The minimum absolute atomic E-state index is 0. The van der Waals surface area contributed by atoms with Gasteiger partial charge in [-0.3, -0.25) is 14.5 Å². The van der Waals surface area contributed by atoms with Crippen LogP contribution in [0.4, 0.5) is 18.3 Å². The van der Waals surface area contributed by atoms with E-state index in [1.807, 2.05) is 0 Å². The molecule has 2 aromatic carbocycles. The van der Waals surface area contributed by atoms with E-state index < -0.39 is 21.8 Å². The average molecular weight is 580 g/mol. The van der Waals surface area contributed by atoms with Crippen LogP contribution in [-0.4, -0.2) is 53.3 Å². The van der Waals surface area contributed by atoms with Crippen molar-refractivity contribution in [1.29, 1.82) is 0 Å². The second-order valence-corrected chi connectivity index (χ2v) is 11.3. The Balaban J connectivity index is 0.00000370. The fraction of sp³-hybridized carbons (Fsp3) is 0.280. The number of piperidine rings is 1. The number of rotatable bonds is 7. The van der Waals surface area contributed by atoms with Gasteiger partial charge in [0.2, 0.25) is 5.13 Å². The molecule has 1 amide bonds. The Bertz CT molecular complexity index is 1580. The highest BCUT2D eigenvalue weighted by molar-refractivity contribution is 7.93. The van der Waals surface area contributed by atoms with Crippen LogP contribution in [0.5, 0.6) is 5.75 Å². The maximum atomic E-state index is 13.3. The molecule has 0 unspecified atom stereocenters. The summed E-state index contributed by atoms with van der Waals surface area (Å²) in [5.74, 6) is 0.0346. The highest BCUT2D eigenvalue weighted by Gasteiger charge is 2.33. The molecule has 1 fully saturated rings. The maximum absolute atomic E-state index is 13.3. The van der Waals surface area contributed by atoms with Crippen LogP contribution in [-0.2, 0) is 21.0 Å². The predicted molar refractivity (Wildman–Crippen MR) is 140 cm³/mol. The summed E-state index contributed by atoms with van der Waals surface area (Å²) in [5.41, 5.74) is -0.125. The first kappa shape index (κ1) is 26.8. The van der Waals surface area contributed by atoms with Crippen molar-refractivity contribution < 1.29 is 32.5 Å². The molecular weight excluding hydrogens is 555 g/mol. The van der Waals surface area contributed by atoms with Crippen molar-refractivity contribution in [3.8, 4) is 5.75 Å². The molecule has 0 atom stereocenters. The molecule has 3 heterocycles. The lowest BCUT2D eigenvalue weighted by Crippen LogP contribution is -2.40. The number of benzene rings is 2. The van der Waals surface area contributed by atoms with E-state index >= 15 is 0 Å². The van der Waals surface area contributed by atoms with Crippen molar-refractivity contribution in [2.45, 2.75) is 29.8 Å². The second kappa shape index (κ2) is 10.8. The molecule has 0 aliphatic carbocycles. The number of alkyl halides is 3. The van der Waals surface area contributed by atoms with Crippen LogP contribution in [0.1, 0.15) is 31.3 Å². The SMILES string of the molecule is O=C(COc1ccnc2c(C(F)(F)F)cccc12)N1CCC(c2ccc(S(=O)(=O)Nc3ncns3)cc2)CC1.[HH]. The van der Waals surface area contributed by atoms with Crippen LogP contribution in [0, 0.1) is 0 Å². The first-order chi connectivity index (χ1) is 18.6. The number of carbonyl (C=O) groups is 1. The van der Waals surface area contributed by atoms with Gasteiger partial charge in [-0.25, -0.2) is 13.4 Å². The Hall–Kier alpha value is -3.78. The van der Waals surface area contributed by atoms with Crippen LogP contribution in [0.3, 0.4) is 0 Å². The van der Waals surface area contributed by atoms with E-state index in [4.69, 9.17) is 4.74 Å². The van der Waals surface area contributed by atoms with Crippen molar-refractivity contribution in [3.05, 3.63) is 72.2 Å². The normalized spacial score (nSPS) is 14.9. The Morgan fingerprint density at radius 2 is 1.85 bits per heavy atom. The number of halogens is 3. The molecular formula is C25H24F3N5O4S2. The summed E-state index contributed by atoms with van der Waals surface area (Å²) in [6.45, 7) is 0.635. The molecule has 0 spiro atoms. The summed E-state index contributed by atoms with van der Waals surface area (Å²) in [6, 6.07) is 11.8. The molecule has 1 aliphatic heterocycles. The number of carbonyl (C=O) groups excluding carboxylic acids is 1. The summed E-state index contributed by atoms with van der Waals surface area (Å²) >= 11 is 0.940. The number of pyridine rings is 1. The van der Waals surface area contributed by atoms with E-state index in [9.17, 15) is 26.4 Å². The first-order valence-electron chi connectivity index (χ1n) is 11.9. The number of nitrogens with zero attached hydrogens (tertiary/aromatic N) is 4. The lowest BCUT2D eigenvalue weighted by atomic mass is 9.89. The van der Waals surface area contributed by atoms with Gasteiger partial charge in [-0.05, 0) is 54.7 Å². The molecule has 2 aromatic heterocycles. The number of nitrogens with one attached hydrogen (secondary N) is 1. The van der Waals surface area contributed by atoms with Gasteiger partial charge in [-0.15, -0.1) is 0 Å². The van der Waals surface area contributed by atoms with Crippen molar-refractivity contribution in [2.24, 2.45) is 0 Å². The zero-order valence-corrected chi connectivity index (χ0v) is 21.9. The van der Waals surface area contributed by atoms with E-state index in [0.29, 0.717) is 25.9 Å². The molecule has 1 saturated heterocycles. The van der Waals surface area contributed by atoms with Gasteiger partial charge in [-0.1, -0.05) is 18.2 Å². The minimum atomic E-state index is -4.56. The summed E-state index contributed by atoms with van der Waals surface area (Å²) in [5, 5.41) is 0.367. The number of fused-ring (bicyclic) bond motifs is 1. The molecule has 1 N–H and O–H groups in total. The molecule has 0 radical (unpaired) electrons. The number of para-hydroxylation sites is 1. The zero-order chi connectivity index (χ0) is 27.6. The van der Waals surface area contributed by atoms with Gasteiger partial charge >= 0.3 is 6.18 Å². The van der Waals surface area contributed by atoms with Crippen molar-refractivity contribution in [3.63, 3.8) is 0 Å². The minimum Gasteiger partial charge on any atom is -0.483 e. The van der Waals surface area contributed by atoms with Crippen LogP contribution in [0.2, 0.25) is 0 Å². The van der Waals surface area contributed by atoms with Crippen LogP contribution in [0.25, 0.3) is 10.9 Å². The van der Waals surface area contributed by atoms with Gasteiger partial charge in [0.1, 0.15) is 12.1 Å². The Morgan fingerprint density at radius 3 is 2.51 bits per heavy atom. The van der Waals surface area contributed by atoms with Gasteiger partial charge in [0.05, 0.1) is 16.0 Å². The van der Waals surface area contributed by atoms with Gasteiger partial charge in [0.25, 0.3) is 15.9 Å². The number of aromatic nitrogens is 3. The average Bonchev–Trinajstić information content (AvgIpc) is 3.43. The quantitative estimate of drug-likeness (QED) is 0.330. The molecule has 0 bridgehead atoms. The van der Waals surface area contributed by atoms with Gasteiger partial charge in [0, 0.05) is 37.6 Å². The summed E-state index contributed by atoms with van der Waals surface area (Å²) in [6.07, 6.45) is -0.715. The number of ether oxygens (including phenoxy) is 1. The predicted octanol–water partition coefficient (Wildman–Crippen LogP) is 4.94. The van der Waals surface area contributed by atoms with Gasteiger partial charge in [-0.2, -0.15) is 17.5 Å². The fourth-order valence-electron chi connectivity index (χ4n) is 4.51. The third kappa shape index (κ3) is 5.96. The van der Waals surface area contributed by atoms with E-state index in [1.54, 1.807) is 17.0 Å². The smallest absolute Gasteiger partial charge is 0.418 e. The third-order valence-electron chi connectivity index (χ3n) is 6.48. The summed E-state index contributed by atoms with van der Waals surface area (Å²) in [4.78, 5) is 22.2. The molecule has 4 aromatic rings. The fourth-order valence-corrected chi connectivity index (χ4v) is 6.17. The Morgan fingerprint density at radius 1 is 1.10 bits per heavy atom. The standard InChI is InChI=1S/C25H22F3N5O4S2.H2/c26-25(27,28)20-3-1-2-19-21(8-11-29-23(19)20)37-14-22(34)33-12-9-17(10-13-33)16-4-6-18(7-5-16)39(35,36)32-24-30-15-31-38-24;/h1-8,11,15,17H,9-10,12-14H2,(H,30,31,32);1H. The molecule has 39 heavy (non-hydrogen) atoms. The molecule has 1 aliphatic rings. The Labute approximate surface area is 227 Å². The second-order valence-electron chi connectivity index (χ2n) is 8.87. The third-order valence-corrected chi connectivity index (χ3v) is 8.54. The number of amides is 1. The molecule has 9 nitrogen and oxygen atoms in total. The first-order valence-corrected chi connectivity index (χ1v) is 14.1. The topological polar surface area (TPSA) is 114 Å². The highest BCUT2D eigenvalue weighted by atomic mass is 32.2. The number of likely N-dealkylation sites (tertiary alicyclic amines) is 1. The van der Waals surface area contributed by atoms with E-state index in [2.05, 4.69) is 19.1 Å². The molecule has 206 valence electrons. The largest absolute Gasteiger partial charge is 0.483 e. The van der Waals surface area contributed by atoms with E-state index in [1.165, 1.54) is 42.9 Å². The number of sulfonamides is 1. The number of hydrogen-bond acceptors (Lipinski definition) is 8. The van der Waals surface area contributed by atoms with Crippen molar-refractivity contribution in [2.75, 3.05) is 24.4 Å². The highest BCUT2D eigenvalue weighted by Crippen LogP contribution is 2.36. The monoisotopic (exact) mass is 579 g/mol. The van der Waals surface area contributed by atoms with E-state index in [0.717, 1.165) is 23.2 Å². The summed E-state index contributed by atoms with van der Waals surface area (Å²) in [7, 11) is -3.77. The van der Waals surface area contributed by atoms with Crippen LogP contribution >= 0.6 is 11.5 Å². The van der Waals surface area contributed by atoms with Gasteiger partial charge in [0.15, 0.2) is 6.61 Å². The lowest BCUT2D eigenvalue weighted by molar-refractivity contribution is -0.136. The lowest BCUT2D eigenvalue weighted by Gasteiger charge is -2.32. The molecule has 14 heteroatoms. The van der Waals surface area contributed by atoms with Crippen LogP contribution < -0.4 is 9.46 Å². The van der Waals surface area contributed by atoms with Crippen LogP contribution in [0.15, 0.2) is 66.0 Å². The van der Waals surface area contributed by atoms with Crippen molar-refractivity contribution >= 4 is 43.5 Å². The molecule has 0 saturated carbocycles. The van der Waals surface area contributed by atoms with Gasteiger partial charge < -0.3 is 9.64 Å². The molecule has 5 rings (SSSR count). The Kier molecular flexibility index (Phi) is 7.40. The number of hydrogen-bond donors (Lipinski definition) is 1. The maximum Gasteiger partial charge on any atom is 0.418 e. The zero-order valence-electron chi connectivity index (χ0n) is 20.3. The van der Waals surface area contributed by atoms with Crippen molar-refractivity contribution in [1.82, 2.24) is 19.2 Å². The summed E-state index contributed by atoms with van der Waals surface area (Å²) < 4.78 is 76.8.